The van der Waals surface area contributed by atoms with Crippen LogP contribution < -0.4 is 0 Å². The van der Waals surface area contributed by atoms with Gasteiger partial charge in [-0.15, -0.1) is 0 Å². The number of halogens is 4. The number of alkyl halides is 4. The molecular formula is C3HBBrF3O. The van der Waals surface area contributed by atoms with Crippen molar-refractivity contribution in [3.63, 3.8) is 0 Å². The van der Waals surface area contributed by atoms with Crippen LogP contribution in [0, 0.1) is 0 Å². The first-order valence-electron chi connectivity index (χ1n) is 1.86. The van der Waals surface area contributed by atoms with Gasteiger partial charge in [-0.2, -0.15) is 13.2 Å². The average molecular weight is 201 g/mol. The molecule has 1 nitrogen and oxygen atoms in total. The molecule has 0 saturated carbocycles. The number of carbonyl (C=O) groups excluding carboxylic acids is 1. The topological polar surface area (TPSA) is 17.1 Å². The Kier molecular flexibility index (Phi) is 2.73. The lowest BCUT2D eigenvalue weighted by Crippen LogP contribution is -2.30. The van der Waals surface area contributed by atoms with Gasteiger partial charge in [-0.1, -0.05) is 15.9 Å². The molecule has 1 atom stereocenters. The third-order valence-electron chi connectivity index (χ3n) is 0.530. The van der Waals surface area contributed by atoms with Crippen molar-refractivity contribution in [2.24, 2.45) is 0 Å². The number of ketones is 1. The molecule has 2 radical (unpaired) electrons. The monoisotopic (exact) mass is 200 g/mol. The van der Waals surface area contributed by atoms with E-state index in [-0.39, 0.29) is 0 Å². The first-order valence-corrected chi connectivity index (χ1v) is 2.78. The van der Waals surface area contributed by atoms with Crippen LogP contribution in [0.15, 0.2) is 0 Å². The lowest BCUT2D eigenvalue weighted by atomic mass is 10.0. The molecule has 0 saturated heterocycles. The number of rotatable bonds is 1. The molecule has 0 aromatic heterocycles. The van der Waals surface area contributed by atoms with E-state index in [0.29, 0.717) is 0 Å². The third kappa shape index (κ3) is 2.88. The predicted molar refractivity (Wildman–Crippen MR) is 29.5 cm³/mol. The summed E-state index contributed by atoms with van der Waals surface area (Å²) in [6.45, 7) is 0. The zero-order valence-corrected chi connectivity index (χ0v) is 5.66. The van der Waals surface area contributed by atoms with Crippen LogP contribution in [0.3, 0.4) is 0 Å². The second-order valence-electron chi connectivity index (χ2n) is 1.26. The van der Waals surface area contributed by atoms with Crippen molar-refractivity contribution < 1.29 is 18.0 Å². The fourth-order valence-electron chi connectivity index (χ4n) is 0.156. The minimum atomic E-state index is -4.83. The largest absolute Gasteiger partial charge is 0.450 e. The van der Waals surface area contributed by atoms with Crippen LogP contribution in [0.5, 0.6) is 0 Å². The summed E-state index contributed by atoms with van der Waals surface area (Å²) in [6.07, 6.45) is -4.83. The number of carbonyl (C=O) groups is 1. The summed E-state index contributed by atoms with van der Waals surface area (Å²) in [5, 5.41) is 0. The Hall–Kier alpha value is 0.00494. The highest BCUT2D eigenvalue weighted by molar-refractivity contribution is 9.10. The summed E-state index contributed by atoms with van der Waals surface area (Å²) in [7, 11) is 4.57. The van der Waals surface area contributed by atoms with Gasteiger partial charge >= 0.3 is 6.18 Å². The van der Waals surface area contributed by atoms with Crippen LogP contribution in [0.1, 0.15) is 0 Å². The fraction of sp³-hybridized carbons (Fsp3) is 0.667. The Balaban J connectivity index is 4.06. The highest BCUT2D eigenvalue weighted by atomic mass is 79.9. The van der Waals surface area contributed by atoms with E-state index in [1.165, 1.54) is 0 Å². The molecule has 0 amide bonds. The Labute approximate surface area is 59.1 Å². The third-order valence-corrected chi connectivity index (χ3v) is 0.946. The summed E-state index contributed by atoms with van der Waals surface area (Å²) < 4.78 is 32.1. The average Bonchev–Trinajstić information content (AvgIpc) is 1.62. The molecule has 0 aromatic carbocycles. The van der Waals surface area contributed by atoms with E-state index in [2.05, 4.69) is 23.8 Å². The van der Waals surface area contributed by atoms with Crippen LogP contribution in [0.2, 0.25) is 0 Å². The quantitative estimate of drug-likeness (QED) is 0.456. The van der Waals surface area contributed by atoms with Crippen molar-refractivity contribution in [1.82, 2.24) is 0 Å². The van der Waals surface area contributed by atoms with Crippen molar-refractivity contribution in [2.75, 3.05) is 0 Å². The normalized spacial score (nSPS) is 15.1. The molecule has 0 spiro atoms. The molecule has 0 heterocycles. The van der Waals surface area contributed by atoms with Gasteiger partial charge < -0.3 is 0 Å². The molecule has 0 fully saturated rings. The van der Waals surface area contributed by atoms with Gasteiger partial charge in [0.1, 0.15) is 0 Å². The van der Waals surface area contributed by atoms with Gasteiger partial charge in [0.15, 0.2) is 0 Å². The summed E-state index contributed by atoms with van der Waals surface area (Å²) in [6, 6.07) is 0. The predicted octanol–water partition coefficient (Wildman–Crippen LogP) is 1.01. The van der Waals surface area contributed by atoms with Gasteiger partial charge in [-0.25, -0.2) is 0 Å². The highest BCUT2D eigenvalue weighted by Gasteiger charge is 2.40. The molecule has 0 bridgehead atoms. The van der Waals surface area contributed by atoms with Gasteiger partial charge in [0.25, 0.3) is 0 Å². The van der Waals surface area contributed by atoms with Crippen LogP contribution in [0.25, 0.3) is 0 Å². The van der Waals surface area contributed by atoms with Crippen LogP contribution >= 0.6 is 15.9 Å². The summed E-state index contributed by atoms with van der Waals surface area (Å²) in [5.41, 5.74) is 0. The first-order chi connectivity index (χ1) is 3.85. The summed E-state index contributed by atoms with van der Waals surface area (Å²) in [4.78, 5) is 9.87. The van der Waals surface area contributed by atoms with Crippen molar-refractivity contribution in [2.45, 2.75) is 10.9 Å². The van der Waals surface area contributed by atoms with Crippen LogP contribution in [0.4, 0.5) is 13.2 Å². The zero-order chi connectivity index (χ0) is 7.65. The van der Waals surface area contributed by atoms with Gasteiger partial charge in [0.2, 0.25) is 5.78 Å². The molecule has 50 valence electrons. The molecule has 0 rings (SSSR count). The summed E-state index contributed by atoms with van der Waals surface area (Å²) >= 11 is 2.28. The minimum absolute atomic E-state index is 1.64. The lowest BCUT2D eigenvalue weighted by Gasteiger charge is -2.05. The number of hydrogen-bond donors (Lipinski definition) is 0. The van der Waals surface area contributed by atoms with E-state index < -0.39 is 16.7 Å². The van der Waals surface area contributed by atoms with Crippen molar-refractivity contribution >= 4 is 29.6 Å². The fourth-order valence-corrected chi connectivity index (χ4v) is 0.416. The van der Waals surface area contributed by atoms with Crippen molar-refractivity contribution in [3.8, 4) is 0 Å². The van der Waals surface area contributed by atoms with Crippen molar-refractivity contribution in [1.29, 1.82) is 0 Å². The number of Topliss-reactive ketones (excluding diaryl/α,β-unsaturated/α-hetero) is 1. The SMILES string of the molecule is [B]C(Br)C(=O)C(F)(F)F. The van der Waals surface area contributed by atoms with Crippen LogP contribution in [-0.4, -0.2) is 24.5 Å². The molecule has 6 heteroatoms. The van der Waals surface area contributed by atoms with E-state index in [4.69, 9.17) is 0 Å². The molecule has 0 aromatic rings. The Morgan fingerprint density at radius 1 is 1.56 bits per heavy atom. The Bertz CT molecular complexity index is 121. The second kappa shape index (κ2) is 2.73. The Morgan fingerprint density at radius 3 is 1.89 bits per heavy atom. The van der Waals surface area contributed by atoms with E-state index in [0.717, 1.165) is 0 Å². The van der Waals surface area contributed by atoms with E-state index in [1.807, 2.05) is 0 Å². The number of hydrogen-bond acceptors (Lipinski definition) is 1. The zero-order valence-electron chi connectivity index (χ0n) is 4.07. The molecular weight excluding hydrogens is 200 g/mol. The molecule has 1 unspecified atom stereocenters. The van der Waals surface area contributed by atoms with Gasteiger partial charge in [0.05, 0.1) is 7.85 Å². The minimum Gasteiger partial charge on any atom is -0.289 e. The first kappa shape index (κ1) is 9.00. The summed E-state index contributed by atoms with van der Waals surface area (Å²) in [5.74, 6) is -1.97. The Morgan fingerprint density at radius 2 is 1.89 bits per heavy atom. The van der Waals surface area contributed by atoms with Gasteiger partial charge in [-0.3, -0.25) is 4.79 Å². The highest BCUT2D eigenvalue weighted by Crippen LogP contribution is 2.19. The second-order valence-corrected chi connectivity index (χ2v) is 2.25. The van der Waals surface area contributed by atoms with Gasteiger partial charge in [-0.05, 0) is 0 Å². The molecule has 9 heavy (non-hydrogen) atoms. The molecule has 0 aliphatic carbocycles. The molecule has 0 aliphatic heterocycles. The maximum atomic E-state index is 11.2. The van der Waals surface area contributed by atoms with E-state index in [1.54, 1.807) is 0 Å². The molecule has 0 N–H and O–H groups in total. The van der Waals surface area contributed by atoms with Gasteiger partial charge in [0, 0.05) is 4.73 Å². The van der Waals surface area contributed by atoms with E-state index in [9.17, 15) is 18.0 Å². The maximum Gasteiger partial charge on any atom is 0.450 e. The smallest absolute Gasteiger partial charge is 0.289 e. The molecule has 0 aliphatic rings. The van der Waals surface area contributed by atoms with E-state index >= 15 is 0 Å². The van der Waals surface area contributed by atoms with Crippen LogP contribution in [-0.2, 0) is 4.79 Å². The van der Waals surface area contributed by atoms with Crippen molar-refractivity contribution in [3.05, 3.63) is 0 Å². The standard InChI is InChI=1S/C3HBBrF3O/c4-2(5)1(9)3(6,7)8/h2H. The lowest BCUT2D eigenvalue weighted by molar-refractivity contribution is -0.168. The maximum absolute atomic E-state index is 11.2.